The Morgan fingerprint density at radius 3 is 2.71 bits per heavy atom. The summed E-state index contributed by atoms with van der Waals surface area (Å²) in [6.07, 6.45) is 11.7. The van der Waals surface area contributed by atoms with Crippen LogP contribution >= 0.6 is 0 Å². The molecular weight excluding hydrogens is 170 g/mol. The molecule has 2 aliphatic rings. The number of piperidine rings is 1. The molecule has 0 amide bonds. The van der Waals surface area contributed by atoms with E-state index in [1.54, 1.807) is 0 Å². The van der Waals surface area contributed by atoms with Gasteiger partial charge in [-0.05, 0) is 32.4 Å². The zero-order valence-corrected chi connectivity index (χ0v) is 8.84. The van der Waals surface area contributed by atoms with Crippen molar-refractivity contribution in [1.29, 1.82) is 0 Å². The Balaban J connectivity index is 1.87. The number of hydrogen-bond donors (Lipinski definition) is 0. The molecule has 0 saturated carbocycles. The second-order valence-electron chi connectivity index (χ2n) is 4.36. The smallest absolute Gasteiger partial charge is 0.0199 e. The molecule has 1 heterocycles. The highest BCUT2D eigenvalue weighted by Gasteiger charge is 2.12. The summed E-state index contributed by atoms with van der Waals surface area (Å²) in [5.74, 6) is 0. The molecule has 0 aromatic carbocycles. The van der Waals surface area contributed by atoms with Crippen molar-refractivity contribution in [3.63, 3.8) is 0 Å². The van der Waals surface area contributed by atoms with Crippen LogP contribution in [0.25, 0.3) is 0 Å². The van der Waals surface area contributed by atoms with Gasteiger partial charge in [-0.15, -0.1) is 0 Å². The summed E-state index contributed by atoms with van der Waals surface area (Å²) in [6, 6.07) is 0. The first-order valence-electron chi connectivity index (χ1n) is 5.61. The summed E-state index contributed by atoms with van der Waals surface area (Å²) < 4.78 is 0. The first kappa shape index (κ1) is 9.72. The van der Waals surface area contributed by atoms with E-state index in [9.17, 15) is 0 Å². The largest absolute Gasteiger partial charge is 0.299 e. The molecule has 0 radical (unpaired) electrons. The third-order valence-corrected chi connectivity index (χ3v) is 2.99. The Hall–Kier alpha value is -0.820. The highest BCUT2D eigenvalue weighted by Crippen LogP contribution is 2.18. The van der Waals surface area contributed by atoms with E-state index >= 15 is 0 Å². The van der Waals surface area contributed by atoms with Crippen LogP contribution in [-0.2, 0) is 0 Å². The van der Waals surface area contributed by atoms with Gasteiger partial charge in [-0.2, -0.15) is 0 Å². The molecule has 1 aliphatic carbocycles. The van der Waals surface area contributed by atoms with Crippen molar-refractivity contribution >= 4 is 0 Å². The van der Waals surface area contributed by atoms with Gasteiger partial charge in [0.05, 0.1) is 0 Å². The van der Waals surface area contributed by atoms with Crippen molar-refractivity contribution in [2.75, 3.05) is 19.6 Å². The van der Waals surface area contributed by atoms with Crippen molar-refractivity contribution in [3.8, 4) is 0 Å². The minimum atomic E-state index is 1.08. The molecule has 0 spiro atoms. The number of allylic oxidation sites excluding steroid dienone is 4. The first-order chi connectivity index (χ1) is 6.84. The number of likely N-dealkylation sites (tertiary alicyclic amines) is 1. The molecule has 1 nitrogen and oxygen atoms in total. The van der Waals surface area contributed by atoms with E-state index in [1.807, 2.05) is 0 Å². The van der Waals surface area contributed by atoms with Gasteiger partial charge in [0.1, 0.15) is 0 Å². The Kier molecular flexibility index (Phi) is 3.20. The lowest BCUT2D eigenvalue weighted by Gasteiger charge is -2.28. The highest BCUT2D eigenvalue weighted by molar-refractivity contribution is 5.33. The van der Waals surface area contributed by atoms with Crippen LogP contribution in [0.1, 0.15) is 25.7 Å². The Morgan fingerprint density at radius 2 is 2.00 bits per heavy atom. The van der Waals surface area contributed by atoms with E-state index in [4.69, 9.17) is 0 Å². The Labute approximate surface area is 86.8 Å². The normalized spacial score (nSPS) is 23.7. The van der Waals surface area contributed by atoms with Gasteiger partial charge in [-0.1, -0.05) is 42.4 Å². The maximum Gasteiger partial charge on any atom is 0.0199 e. The fourth-order valence-electron chi connectivity index (χ4n) is 2.24. The average Bonchev–Trinajstić information content (AvgIpc) is 2.19. The van der Waals surface area contributed by atoms with Crippen molar-refractivity contribution < 1.29 is 0 Å². The maximum atomic E-state index is 4.01. The summed E-state index contributed by atoms with van der Waals surface area (Å²) in [4.78, 5) is 2.57. The monoisotopic (exact) mass is 189 g/mol. The van der Waals surface area contributed by atoms with E-state index in [1.165, 1.54) is 43.5 Å². The molecule has 1 saturated heterocycles. The lowest BCUT2D eigenvalue weighted by Crippen LogP contribution is -2.31. The summed E-state index contributed by atoms with van der Waals surface area (Å²) in [5, 5.41) is 0. The molecule has 76 valence electrons. The van der Waals surface area contributed by atoms with Crippen LogP contribution in [0.4, 0.5) is 0 Å². The molecule has 0 aromatic rings. The van der Waals surface area contributed by atoms with Gasteiger partial charge in [0, 0.05) is 6.54 Å². The third kappa shape index (κ3) is 2.58. The van der Waals surface area contributed by atoms with E-state index in [2.05, 4.69) is 29.7 Å². The summed E-state index contributed by atoms with van der Waals surface area (Å²) in [5.41, 5.74) is 2.78. The Bertz CT molecular complexity index is 267. The predicted octanol–water partition coefficient (Wildman–Crippen LogP) is 2.91. The zero-order valence-electron chi connectivity index (χ0n) is 8.84. The van der Waals surface area contributed by atoms with Crippen molar-refractivity contribution in [1.82, 2.24) is 4.90 Å². The molecule has 0 N–H and O–H groups in total. The molecule has 0 aromatic heterocycles. The summed E-state index contributed by atoms with van der Waals surface area (Å²) in [6.45, 7) is 7.74. The van der Waals surface area contributed by atoms with Crippen LogP contribution in [0.2, 0.25) is 0 Å². The second-order valence-corrected chi connectivity index (χ2v) is 4.36. The molecule has 0 atom stereocenters. The molecule has 1 aliphatic heterocycles. The van der Waals surface area contributed by atoms with Crippen LogP contribution in [-0.4, -0.2) is 24.5 Å². The van der Waals surface area contributed by atoms with Gasteiger partial charge in [-0.25, -0.2) is 0 Å². The van der Waals surface area contributed by atoms with E-state index in [0.29, 0.717) is 0 Å². The molecule has 1 heteroatoms. The van der Waals surface area contributed by atoms with Crippen molar-refractivity contribution in [3.05, 3.63) is 36.0 Å². The van der Waals surface area contributed by atoms with Crippen molar-refractivity contribution in [2.24, 2.45) is 0 Å². The predicted molar refractivity (Wildman–Crippen MR) is 61.3 cm³/mol. The van der Waals surface area contributed by atoms with Gasteiger partial charge in [-0.3, -0.25) is 4.90 Å². The maximum absolute atomic E-state index is 4.01. The van der Waals surface area contributed by atoms with Gasteiger partial charge < -0.3 is 0 Å². The fraction of sp³-hybridized carbons (Fsp3) is 0.538. The summed E-state index contributed by atoms with van der Waals surface area (Å²) in [7, 11) is 0. The second kappa shape index (κ2) is 4.61. The molecule has 0 unspecified atom stereocenters. The summed E-state index contributed by atoms with van der Waals surface area (Å²) >= 11 is 0. The highest BCUT2D eigenvalue weighted by atomic mass is 15.1. The third-order valence-electron chi connectivity index (χ3n) is 2.99. The van der Waals surface area contributed by atoms with E-state index in [-0.39, 0.29) is 0 Å². The lowest BCUT2D eigenvalue weighted by atomic mass is 10.00. The van der Waals surface area contributed by atoms with Gasteiger partial charge in [0.15, 0.2) is 0 Å². The quantitative estimate of drug-likeness (QED) is 0.645. The molecular formula is C13H19N. The molecule has 0 bridgehead atoms. The molecule has 14 heavy (non-hydrogen) atoms. The standard InChI is InChI=1S/C13H19N/c1-12-6-5-7-13(10-12)11-14-8-3-2-4-9-14/h5-7H,1-4,8-11H2. The van der Waals surface area contributed by atoms with Crippen LogP contribution < -0.4 is 0 Å². The lowest BCUT2D eigenvalue weighted by molar-refractivity contribution is 0.245. The number of nitrogens with zero attached hydrogens (tertiary/aromatic N) is 1. The van der Waals surface area contributed by atoms with Crippen LogP contribution in [0.15, 0.2) is 36.0 Å². The fourth-order valence-corrected chi connectivity index (χ4v) is 2.24. The van der Waals surface area contributed by atoms with E-state index in [0.717, 1.165) is 13.0 Å². The van der Waals surface area contributed by atoms with Crippen LogP contribution in [0, 0.1) is 0 Å². The average molecular weight is 189 g/mol. The zero-order chi connectivity index (χ0) is 9.80. The van der Waals surface area contributed by atoms with Gasteiger partial charge in [0.25, 0.3) is 0 Å². The van der Waals surface area contributed by atoms with Crippen molar-refractivity contribution in [2.45, 2.75) is 25.7 Å². The number of hydrogen-bond acceptors (Lipinski definition) is 1. The van der Waals surface area contributed by atoms with Crippen LogP contribution in [0.3, 0.4) is 0 Å². The van der Waals surface area contributed by atoms with Crippen LogP contribution in [0.5, 0.6) is 0 Å². The molecule has 1 fully saturated rings. The minimum absolute atomic E-state index is 1.08. The SMILES string of the molecule is C=C1C=CC=C(CN2CCCCC2)C1. The first-order valence-corrected chi connectivity index (χ1v) is 5.61. The Morgan fingerprint density at radius 1 is 1.21 bits per heavy atom. The van der Waals surface area contributed by atoms with Gasteiger partial charge >= 0.3 is 0 Å². The molecule has 2 rings (SSSR count). The van der Waals surface area contributed by atoms with Gasteiger partial charge in [0.2, 0.25) is 0 Å². The minimum Gasteiger partial charge on any atom is -0.299 e. The van der Waals surface area contributed by atoms with E-state index < -0.39 is 0 Å². The topological polar surface area (TPSA) is 3.24 Å². The number of rotatable bonds is 2.